The van der Waals surface area contributed by atoms with Crippen LogP contribution in [0, 0.1) is 6.92 Å². The average Bonchev–Trinajstić information content (AvgIpc) is 2.09. The summed E-state index contributed by atoms with van der Waals surface area (Å²) in [7, 11) is 1.50. The van der Waals surface area contributed by atoms with Crippen molar-refractivity contribution in [1.82, 2.24) is 4.98 Å². The van der Waals surface area contributed by atoms with Crippen molar-refractivity contribution >= 4 is 17.5 Å². The highest BCUT2D eigenvalue weighted by Gasteiger charge is 2.13. The molecule has 0 aliphatic carbocycles. The molecule has 1 rings (SSSR count). The molecule has 0 saturated heterocycles. The smallest absolute Gasteiger partial charge is 0.268 e. The molecule has 0 radical (unpaired) electrons. The van der Waals surface area contributed by atoms with Gasteiger partial charge in [0, 0.05) is 5.56 Å². The van der Waals surface area contributed by atoms with Crippen molar-refractivity contribution in [3.63, 3.8) is 0 Å². The van der Waals surface area contributed by atoms with Crippen molar-refractivity contribution in [2.45, 2.75) is 6.92 Å². The predicted octanol–water partition coefficient (Wildman–Crippen LogP) is 1.15. The average molecular weight is 201 g/mol. The maximum absolute atomic E-state index is 10.8. The normalized spacial score (nSPS) is 9.77. The lowest BCUT2D eigenvalue weighted by atomic mass is 10.2. The zero-order valence-corrected chi connectivity index (χ0v) is 8.05. The van der Waals surface area contributed by atoms with Crippen molar-refractivity contribution in [2.75, 3.05) is 7.11 Å². The fourth-order valence-corrected chi connectivity index (χ4v) is 1.18. The van der Waals surface area contributed by atoms with E-state index in [1.165, 1.54) is 13.3 Å². The maximum Gasteiger partial charge on any atom is 0.268 e. The van der Waals surface area contributed by atoms with E-state index >= 15 is 0 Å². The molecule has 0 saturated carbocycles. The van der Waals surface area contributed by atoms with Gasteiger partial charge in [-0.05, 0) is 6.92 Å². The number of rotatable bonds is 2. The van der Waals surface area contributed by atoms with Crippen molar-refractivity contribution in [3.8, 4) is 5.75 Å². The molecule has 2 N–H and O–H groups in total. The highest BCUT2D eigenvalue weighted by Crippen LogP contribution is 2.26. The Bertz CT molecular complexity index is 352. The van der Waals surface area contributed by atoms with E-state index in [4.69, 9.17) is 22.1 Å². The quantitative estimate of drug-likeness (QED) is 0.779. The van der Waals surface area contributed by atoms with Gasteiger partial charge >= 0.3 is 0 Å². The highest BCUT2D eigenvalue weighted by molar-refractivity contribution is 6.34. The van der Waals surface area contributed by atoms with Gasteiger partial charge in [0.25, 0.3) is 5.91 Å². The highest BCUT2D eigenvalue weighted by atomic mass is 35.5. The predicted molar refractivity (Wildman–Crippen MR) is 49.1 cm³/mol. The molecule has 1 aromatic heterocycles. The number of nitrogens with two attached hydrogens (primary N) is 1. The van der Waals surface area contributed by atoms with Gasteiger partial charge in [0.1, 0.15) is 11.4 Å². The number of ether oxygens (including phenoxy) is 1. The zero-order valence-electron chi connectivity index (χ0n) is 7.30. The van der Waals surface area contributed by atoms with E-state index in [0.29, 0.717) is 11.3 Å². The summed E-state index contributed by atoms with van der Waals surface area (Å²) in [6.45, 7) is 1.73. The number of carbonyl (C=O) groups is 1. The molecular weight excluding hydrogens is 192 g/mol. The number of halogens is 1. The molecule has 5 heteroatoms. The first-order valence-corrected chi connectivity index (χ1v) is 3.94. The number of methoxy groups -OCH3 is 1. The van der Waals surface area contributed by atoms with Gasteiger partial charge in [0.2, 0.25) is 0 Å². The van der Waals surface area contributed by atoms with Crippen molar-refractivity contribution < 1.29 is 9.53 Å². The van der Waals surface area contributed by atoms with E-state index in [2.05, 4.69) is 4.98 Å². The third kappa shape index (κ3) is 1.72. The topological polar surface area (TPSA) is 65.2 Å². The van der Waals surface area contributed by atoms with E-state index in [1.807, 2.05) is 0 Å². The van der Waals surface area contributed by atoms with E-state index < -0.39 is 5.91 Å². The SMILES string of the molecule is COc1cnc(C(N)=O)c(Cl)c1C. The van der Waals surface area contributed by atoms with Crippen LogP contribution in [0.1, 0.15) is 16.1 Å². The maximum atomic E-state index is 10.8. The molecule has 13 heavy (non-hydrogen) atoms. The minimum absolute atomic E-state index is 0.0694. The zero-order chi connectivity index (χ0) is 10.0. The van der Waals surface area contributed by atoms with Crippen LogP contribution in [0.5, 0.6) is 5.75 Å². The molecule has 0 aromatic carbocycles. The molecule has 0 aliphatic rings. The van der Waals surface area contributed by atoms with Gasteiger partial charge in [-0.25, -0.2) is 4.98 Å². The number of aromatic nitrogens is 1. The molecule has 70 valence electrons. The van der Waals surface area contributed by atoms with Crippen LogP contribution in [-0.4, -0.2) is 18.0 Å². The molecule has 4 nitrogen and oxygen atoms in total. The Balaban J connectivity index is 3.31. The van der Waals surface area contributed by atoms with Crippen LogP contribution in [0.4, 0.5) is 0 Å². The largest absolute Gasteiger partial charge is 0.495 e. The Morgan fingerprint density at radius 2 is 2.31 bits per heavy atom. The lowest BCUT2D eigenvalue weighted by Crippen LogP contribution is -2.14. The molecule has 0 atom stereocenters. The van der Waals surface area contributed by atoms with Crippen LogP contribution in [-0.2, 0) is 0 Å². The fraction of sp³-hybridized carbons (Fsp3) is 0.250. The molecule has 1 heterocycles. The number of amides is 1. The van der Waals surface area contributed by atoms with Crippen LogP contribution in [0.25, 0.3) is 0 Å². The Hall–Kier alpha value is -1.29. The molecule has 1 aromatic rings. The summed E-state index contributed by atoms with van der Waals surface area (Å²) in [6.07, 6.45) is 1.42. The second-order valence-electron chi connectivity index (χ2n) is 2.48. The number of nitrogens with zero attached hydrogens (tertiary/aromatic N) is 1. The first-order valence-electron chi connectivity index (χ1n) is 3.56. The van der Waals surface area contributed by atoms with E-state index in [1.54, 1.807) is 6.92 Å². The van der Waals surface area contributed by atoms with Crippen molar-refractivity contribution in [1.29, 1.82) is 0 Å². The third-order valence-corrected chi connectivity index (χ3v) is 2.13. The Labute approximate surface area is 80.7 Å². The van der Waals surface area contributed by atoms with Crippen LogP contribution in [0.2, 0.25) is 5.02 Å². The summed E-state index contributed by atoms with van der Waals surface area (Å²) in [4.78, 5) is 14.6. The second-order valence-corrected chi connectivity index (χ2v) is 2.86. The van der Waals surface area contributed by atoms with Crippen LogP contribution in [0.15, 0.2) is 6.20 Å². The lowest BCUT2D eigenvalue weighted by Gasteiger charge is -2.07. The summed E-state index contributed by atoms with van der Waals surface area (Å²) in [6, 6.07) is 0. The van der Waals surface area contributed by atoms with Crippen molar-refractivity contribution in [3.05, 3.63) is 22.5 Å². The van der Waals surface area contributed by atoms with Crippen molar-refractivity contribution in [2.24, 2.45) is 5.73 Å². The summed E-state index contributed by atoms with van der Waals surface area (Å²) in [5.41, 5.74) is 5.78. The molecule has 0 fully saturated rings. The van der Waals surface area contributed by atoms with E-state index in [-0.39, 0.29) is 10.7 Å². The molecule has 0 bridgehead atoms. The molecule has 1 amide bonds. The molecular formula is C8H9ClN2O2. The summed E-state index contributed by atoms with van der Waals surface area (Å²) in [5, 5.41) is 0.242. The van der Waals surface area contributed by atoms with E-state index in [9.17, 15) is 4.79 Å². The summed E-state index contributed by atoms with van der Waals surface area (Å²) in [5.74, 6) is -0.106. The summed E-state index contributed by atoms with van der Waals surface area (Å²) >= 11 is 5.83. The Morgan fingerprint density at radius 1 is 1.69 bits per heavy atom. The van der Waals surface area contributed by atoms with Crippen LogP contribution >= 0.6 is 11.6 Å². The lowest BCUT2D eigenvalue weighted by molar-refractivity contribution is 0.0995. The number of pyridine rings is 1. The molecule has 0 unspecified atom stereocenters. The number of hydrogen-bond donors (Lipinski definition) is 1. The van der Waals surface area contributed by atoms with Gasteiger partial charge < -0.3 is 10.5 Å². The van der Waals surface area contributed by atoms with Gasteiger partial charge in [-0.1, -0.05) is 11.6 Å². The first kappa shape index (κ1) is 9.80. The van der Waals surface area contributed by atoms with Gasteiger partial charge in [0.05, 0.1) is 18.3 Å². The molecule has 0 aliphatic heterocycles. The van der Waals surface area contributed by atoms with Gasteiger partial charge in [-0.3, -0.25) is 4.79 Å². The Kier molecular flexibility index (Phi) is 2.72. The molecule has 0 spiro atoms. The van der Waals surface area contributed by atoms with Crippen LogP contribution < -0.4 is 10.5 Å². The standard InChI is InChI=1S/C8H9ClN2O2/c1-4-5(13-2)3-11-7(6(4)9)8(10)12/h3H,1-2H3,(H2,10,12). The third-order valence-electron chi connectivity index (χ3n) is 1.67. The minimum atomic E-state index is -0.643. The fourth-order valence-electron chi connectivity index (χ4n) is 0.940. The Morgan fingerprint density at radius 3 is 2.77 bits per heavy atom. The van der Waals surface area contributed by atoms with Gasteiger partial charge in [-0.2, -0.15) is 0 Å². The summed E-state index contributed by atoms with van der Waals surface area (Å²) < 4.78 is 4.96. The monoisotopic (exact) mass is 200 g/mol. The van der Waals surface area contributed by atoms with Gasteiger partial charge in [0.15, 0.2) is 0 Å². The van der Waals surface area contributed by atoms with E-state index in [0.717, 1.165) is 0 Å². The first-order chi connectivity index (χ1) is 6.07. The van der Waals surface area contributed by atoms with Gasteiger partial charge in [-0.15, -0.1) is 0 Å². The number of primary amides is 1. The number of carbonyl (C=O) groups excluding carboxylic acids is 1. The second kappa shape index (κ2) is 3.62. The number of hydrogen-bond acceptors (Lipinski definition) is 3. The minimum Gasteiger partial charge on any atom is -0.495 e. The van der Waals surface area contributed by atoms with Crippen LogP contribution in [0.3, 0.4) is 0 Å².